The molecule has 25 heavy (non-hydrogen) atoms. The number of nitrogens with zero attached hydrogens (tertiary/aromatic N) is 5. The molecule has 3 rings (SSSR count). The van der Waals surface area contributed by atoms with E-state index in [1.807, 2.05) is 25.3 Å². The van der Waals surface area contributed by atoms with Crippen molar-refractivity contribution in [2.45, 2.75) is 59.0 Å². The van der Waals surface area contributed by atoms with Gasteiger partial charge in [-0.15, -0.1) is 10.2 Å². The van der Waals surface area contributed by atoms with E-state index in [4.69, 9.17) is 0 Å². The van der Waals surface area contributed by atoms with Crippen LogP contribution in [-0.2, 0) is 6.42 Å². The van der Waals surface area contributed by atoms with Crippen LogP contribution in [0.15, 0.2) is 6.33 Å². The molecule has 0 saturated carbocycles. The maximum Gasteiger partial charge on any atom is 0.270 e. The number of carbonyl (C=O) groups is 1. The van der Waals surface area contributed by atoms with Crippen LogP contribution < -0.4 is 10.6 Å². The van der Waals surface area contributed by atoms with Gasteiger partial charge in [-0.25, -0.2) is 9.97 Å². The first-order valence-corrected chi connectivity index (χ1v) is 8.73. The average Bonchev–Trinajstić information content (AvgIpc) is 3.05. The molecule has 1 amide bonds. The molecule has 1 atom stereocenters. The van der Waals surface area contributed by atoms with Crippen LogP contribution in [0.2, 0.25) is 0 Å². The lowest BCUT2D eigenvalue weighted by Gasteiger charge is -2.23. The summed E-state index contributed by atoms with van der Waals surface area (Å²) in [4.78, 5) is 21.4. The molecule has 0 saturated heterocycles. The van der Waals surface area contributed by atoms with Gasteiger partial charge in [-0.05, 0) is 27.2 Å². The topological polar surface area (TPSA) is 97.6 Å². The second-order valence-corrected chi connectivity index (χ2v) is 6.97. The van der Waals surface area contributed by atoms with Crippen molar-refractivity contribution in [2.75, 3.05) is 11.9 Å². The van der Waals surface area contributed by atoms with Gasteiger partial charge >= 0.3 is 0 Å². The molecule has 0 radical (unpaired) electrons. The number of amides is 1. The third kappa shape index (κ3) is 3.33. The first-order valence-electron chi connectivity index (χ1n) is 8.73. The Hall–Kier alpha value is -2.51. The van der Waals surface area contributed by atoms with Crippen molar-refractivity contribution in [2.24, 2.45) is 0 Å². The lowest BCUT2D eigenvalue weighted by molar-refractivity contribution is 0.0940. The Morgan fingerprint density at radius 2 is 1.96 bits per heavy atom. The van der Waals surface area contributed by atoms with E-state index in [1.165, 1.54) is 0 Å². The SMILES string of the molecule is CC(C)c1nc(NC(C)c2nncn2C(C)C)c2c(n1)C(=O)NCC2. The van der Waals surface area contributed by atoms with Crippen LogP contribution in [0.1, 0.15) is 80.3 Å². The molecule has 2 N–H and O–H groups in total. The molecule has 0 fully saturated rings. The van der Waals surface area contributed by atoms with Gasteiger partial charge in [0, 0.05) is 24.1 Å². The molecule has 0 spiro atoms. The molecular formula is C17H25N7O. The van der Waals surface area contributed by atoms with Crippen molar-refractivity contribution < 1.29 is 4.79 Å². The number of fused-ring (bicyclic) bond motifs is 1. The summed E-state index contributed by atoms with van der Waals surface area (Å²) in [7, 11) is 0. The Morgan fingerprint density at radius 3 is 2.64 bits per heavy atom. The monoisotopic (exact) mass is 343 g/mol. The predicted molar refractivity (Wildman–Crippen MR) is 94.6 cm³/mol. The Kier molecular flexibility index (Phi) is 4.69. The molecule has 1 aliphatic rings. The van der Waals surface area contributed by atoms with Crippen molar-refractivity contribution in [1.29, 1.82) is 0 Å². The highest BCUT2D eigenvalue weighted by Gasteiger charge is 2.26. The molecule has 1 aliphatic heterocycles. The summed E-state index contributed by atoms with van der Waals surface area (Å²) in [5.74, 6) is 2.22. The van der Waals surface area contributed by atoms with Crippen LogP contribution >= 0.6 is 0 Å². The zero-order chi connectivity index (χ0) is 18.1. The molecule has 0 aromatic carbocycles. The molecule has 3 heterocycles. The van der Waals surface area contributed by atoms with Gasteiger partial charge in [-0.2, -0.15) is 0 Å². The first-order chi connectivity index (χ1) is 11.9. The summed E-state index contributed by atoms with van der Waals surface area (Å²) in [6.45, 7) is 10.8. The summed E-state index contributed by atoms with van der Waals surface area (Å²) in [5, 5.41) is 14.6. The molecule has 134 valence electrons. The number of aromatic nitrogens is 5. The van der Waals surface area contributed by atoms with E-state index in [2.05, 4.69) is 44.6 Å². The van der Waals surface area contributed by atoms with Crippen LogP contribution in [0.5, 0.6) is 0 Å². The predicted octanol–water partition coefficient (Wildman–Crippen LogP) is 2.23. The summed E-state index contributed by atoms with van der Waals surface area (Å²) in [6, 6.07) is 0.180. The second-order valence-electron chi connectivity index (χ2n) is 6.97. The number of carbonyl (C=O) groups excluding carboxylic acids is 1. The van der Waals surface area contributed by atoms with Crippen molar-refractivity contribution in [1.82, 2.24) is 30.0 Å². The van der Waals surface area contributed by atoms with Gasteiger partial charge in [0.25, 0.3) is 5.91 Å². The average molecular weight is 343 g/mol. The largest absolute Gasteiger partial charge is 0.360 e. The maximum atomic E-state index is 12.2. The standard InChI is InChI=1S/C17H25N7O/c1-9(2)14-21-13-12(6-7-18-17(13)25)15(22-14)20-11(5)16-23-19-8-24(16)10(3)4/h8-11H,6-7H2,1-5H3,(H,18,25)(H,20,21,22). The van der Waals surface area contributed by atoms with Crippen LogP contribution in [0.3, 0.4) is 0 Å². The zero-order valence-corrected chi connectivity index (χ0v) is 15.4. The van der Waals surface area contributed by atoms with Gasteiger partial charge in [0.05, 0.1) is 6.04 Å². The second kappa shape index (κ2) is 6.78. The van der Waals surface area contributed by atoms with E-state index < -0.39 is 0 Å². The highest BCUT2D eigenvalue weighted by molar-refractivity contribution is 5.96. The van der Waals surface area contributed by atoms with Crippen molar-refractivity contribution >= 4 is 11.7 Å². The Morgan fingerprint density at radius 1 is 1.20 bits per heavy atom. The van der Waals surface area contributed by atoms with Gasteiger partial charge in [-0.1, -0.05) is 13.8 Å². The molecule has 2 aromatic heterocycles. The van der Waals surface area contributed by atoms with Crippen molar-refractivity contribution in [3.63, 3.8) is 0 Å². The Bertz CT molecular complexity index is 781. The van der Waals surface area contributed by atoms with Crippen molar-refractivity contribution in [3.05, 3.63) is 29.2 Å². The number of hydrogen-bond donors (Lipinski definition) is 2. The summed E-state index contributed by atoms with van der Waals surface area (Å²) < 4.78 is 2.03. The molecule has 0 aliphatic carbocycles. The minimum Gasteiger partial charge on any atom is -0.360 e. The van der Waals surface area contributed by atoms with Gasteiger partial charge in [0.2, 0.25) is 0 Å². The van der Waals surface area contributed by atoms with Crippen LogP contribution in [0.4, 0.5) is 5.82 Å². The van der Waals surface area contributed by atoms with Gasteiger partial charge in [0.15, 0.2) is 5.82 Å². The lowest BCUT2D eigenvalue weighted by Crippen LogP contribution is -2.34. The zero-order valence-electron chi connectivity index (χ0n) is 15.4. The molecule has 8 heteroatoms. The highest BCUT2D eigenvalue weighted by atomic mass is 16.1. The van der Waals surface area contributed by atoms with E-state index in [0.717, 1.165) is 11.4 Å². The maximum absolute atomic E-state index is 12.2. The number of rotatable bonds is 5. The Balaban J connectivity index is 1.98. The van der Waals surface area contributed by atoms with Crippen molar-refractivity contribution in [3.8, 4) is 0 Å². The van der Waals surface area contributed by atoms with E-state index in [-0.39, 0.29) is 23.9 Å². The third-order valence-electron chi connectivity index (χ3n) is 4.31. The van der Waals surface area contributed by atoms with E-state index >= 15 is 0 Å². The Labute approximate surface area is 147 Å². The van der Waals surface area contributed by atoms with E-state index in [9.17, 15) is 4.79 Å². The third-order valence-corrected chi connectivity index (χ3v) is 4.31. The van der Waals surface area contributed by atoms with Crippen LogP contribution in [0, 0.1) is 0 Å². The molecule has 0 bridgehead atoms. The number of nitrogens with one attached hydrogen (secondary N) is 2. The normalized spacial score (nSPS) is 15.2. The molecule has 2 aromatic rings. The summed E-state index contributed by atoms with van der Waals surface area (Å²) in [6.07, 6.45) is 2.45. The lowest BCUT2D eigenvalue weighted by atomic mass is 10.0. The first kappa shape index (κ1) is 17.3. The highest BCUT2D eigenvalue weighted by Crippen LogP contribution is 2.26. The fraction of sp³-hybridized carbons (Fsp3) is 0.588. The molecule has 8 nitrogen and oxygen atoms in total. The minimum absolute atomic E-state index is 0.0890. The number of anilines is 1. The molecule has 1 unspecified atom stereocenters. The minimum atomic E-state index is -0.133. The summed E-state index contributed by atoms with van der Waals surface area (Å²) in [5.41, 5.74) is 1.35. The summed E-state index contributed by atoms with van der Waals surface area (Å²) >= 11 is 0. The van der Waals surface area contributed by atoms with Crippen LogP contribution in [0.25, 0.3) is 0 Å². The van der Waals surface area contributed by atoms with Gasteiger partial charge in [0.1, 0.15) is 23.7 Å². The quantitative estimate of drug-likeness (QED) is 0.864. The molecular weight excluding hydrogens is 318 g/mol. The fourth-order valence-corrected chi connectivity index (χ4v) is 2.92. The van der Waals surface area contributed by atoms with Crippen LogP contribution in [-0.4, -0.2) is 37.2 Å². The van der Waals surface area contributed by atoms with E-state index in [0.29, 0.717) is 30.3 Å². The van der Waals surface area contributed by atoms with E-state index in [1.54, 1.807) is 6.33 Å². The van der Waals surface area contributed by atoms with Gasteiger partial charge < -0.3 is 15.2 Å². The number of hydrogen-bond acceptors (Lipinski definition) is 6. The smallest absolute Gasteiger partial charge is 0.270 e. The van der Waals surface area contributed by atoms with Gasteiger partial charge in [-0.3, -0.25) is 4.79 Å². The fourth-order valence-electron chi connectivity index (χ4n) is 2.92.